The zero-order valence-corrected chi connectivity index (χ0v) is 10.3. The van der Waals surface area contributed by atoms with Crippen LogP contribution in [0, 0.1) is 0 Å². The summed E-state index contributed by atoms with van der Waals surface area (Å²) in [4.78, 5) is 0. The van der Waals surface area contributed by atoms with Crippen LogP contribution in [0.1, 0.15) is 25.2 Å². The summed E-state index contributed by atoms with van der Waals surface area (Å²) in [6, 6.07) is 5.37. The van der Waals surface area contributed by atoms with Gasteiger partial charge in [-0.15, -0.1) is 0 Å². The van der Waals surface area contributed by atoms with Gasteiger partial charge in [0.05, 0.1) is 19.1 Å². The van der Waals surface area contributed by atoms with Gasteiger partial charge in [-0.3, -0.25) is 0 Å². The second-order valence-corrected chi connectivity index (χ2v) is 4.70. The van der Waals surface area contributed by atoms with Crippen molar-refractivity contribution in [3.8, 4) is 5.75 Å². The van der Waals surface area contributed by atoms with Gasteiger partial charge in [-0.2, -0.15) is 0 Å². The molecule has 1 unspecified atom stereocenters. The van der Waals surface area contributed by atoms with Crippen molar-refractivity contribution >= 4 is 13.5 Å². The van der Waals surface area contributed by atoms with Crippen LogP contribution in [0.2, 0.25) is 0 Å². The normalized spacial score (nSPS) is 13.4. The molecule has 0 amide bonds. The van der Waals surface area contributed by atoms with Gasteiger partial charge in [0, 0.05) is 0 Å². The number of nitrogens with two attached hydrogens (primary N) is 2. The van der Waals surface area contributed by atoms with E-state index in [0.717, 1.165) is 5.56 Å². The average molecular weight is 234 g/mol. The lowest BCUT2D eigenvalue weighted by atomic mass is 9.80. The molecule has 0 heterocycles. The number of aliphatic hydroxyl groups is 1. The number of para-hydroxylation sites is 1. The first-order valence-electron chi connectivity index (χ1n) is 5.54. The van der Waals surface area contributed by atoms with Crippen molar-refractivity contribution in [2.45, 2.75) is 25.3 Å². The van der Waals surface area contributed by atoms with E-state index in [4.69, 9.17) is 24.1 Å². The van der Waals surface area contributed by atoms with Crippen LogP contribution in [0.15, 0.2) is 18.2 Å². The molecule has 0 aromatic heterocycles. The van der Waals surface area contributed by atoms with Crippen LogP contribution in [0.3, 0.4) is 0 Å². The average Bonchev–Trinajstić information content (AvgIpc) is 2.25. The fourth-order valence-corrected chi connectivity index (χ4v) is 1.39. The lowest BCUT2D eigenvalue weighted by molar-refractivity contribution is 0.0287. The molecule has 0 aliphatic carbocycles. The molecule has 5 heteroatoms. The van der Waals surface area contributed by atoms with E-state index in [1.807, 2.05) is 6.07 Å². The van der Waals surface area contributed by atoms with Crippen molar-refractivity contribution in [1.29, 1.82) is 0 Å². The van der Waals surface area contributed by atoms with Crippen LogP contribution < -0.4 is 16.2 Å². The van der Waals surface area contributed by atoms with E-state index in [1.165, 1.54) is 0 Å². The topological polar surface area (TPSA) is 81.5 Å². The predicted molar refractivity (Wildman–Crippen MR) is 70.2 cm³/mol. The van der Waals surface area contributed by atoms with Crippen molar-refractivity contribution in [2.75, 3.05) is 18.9 Å². The molecule has 1 rings (SSSR count). The second kappa shape index (κ2) is 5.43. The Hall–Kier alpha value is -1.20. The van der Waals surface area contributed by atoms with Gasteiger partial charge >= 0.3 is 0 Å². The summed E-state index contributed by atoms with van der Waals surface area (Å²) in [6.45, 7) is 3.81. The molecule has 0 aliphatic heterocycles. The van der Waals surface area contributed by atoms with E-state index >= 15 is 0 Å². The lowest BCUT2D eigenvalue weighted by Crippen LogP contribution is -2.28. The van der Waals surface area contributed by atoms with Crippen LogP contribution in [0.5, 0.6) is 5.75 Å². The van der Waals surface area contributed by atoms with E-state index < -0.39 is 5.60 Å². The molecule has 0 saturated heterocycles. The maximum Gasteiger partial charge on any atom is 0.142 e. The number of anilines is 1. The Morgan fingerprint density at radius 2 is 2.12 bits per heavy atom. The highest BCUT2D eigenvalue weighted by Gasteiger charge is 2.16. The third kappa shape index (κ3) is 3.95. The van der Waals surface area contributed by atoms with Gasteiger partial charge in [0.15, 0.2) is 0 Å². The van der Waals surface area contributed by atoms with Crippen LogP contribution >= 0.6 is 0 Å². The van der Waals surface area contributed by atoms with Gasteiger partial charge < -0.3 is 21.3 Å². The fourth-order valence-electron chi connectivity index (χ4n) is 1.39. The third-order valence-corrected chi connectivity index (χ3v) is 2.33. The van der Waals surface area contributed by atoms with Crippen molar-refractivity contribution < 1.29 is 9.84 Å². The summed E-state index contributed by atoms with van der Waals surface area (Å²) in [5.41, 5.74) is 11.8. The van der Waals surface area contributed by atoms with Gasteiger partial charge in [0.2, 0.25) is 0 Å². The van der Waals surface area contributed by atoms with E-state index in [-0.39, 0.29) is 12.4 Å². The smallest absolute Gasteiger partial charge is 0.142 e. The number of ether oxygens (including phenoxy) is 1. The maximum absolute atomic E-state index is 9.58. The van der Waals surface area contributed by atoms with Gasteiger partial charge in [-0.25, -0.2) is 0 Å². The van der Waals surface area contributed by atoms with E-state index in [9.17, 15) is 5.11 Å². The predicted octanol–water partition coefficient (Wildman–Crippen LogP) is 0.587. The molecule has 5 N–H and O–H groups in total. The Balaban J connectivity index is 2.87. The molecule has 4 nitrogen and oxygen atoms in total. The molecular weight excluding hydrogens is 215 g/mol. The van der Waals surface area contributed by atoms with E-state index in [2.05, 4.69) is 0 Å². The lowest BCUT2D eigenvalue weighted by Gasteiger charge is -2.20. The van der Waals surface area contributed by atoms with Gasteiger partial charge in [-0.1, -0.05) is 12.1 Å². The highest BCUT2D eigenvalue weighted by atomic mass is 16.5. The van der Waals surface area contributed by atoms with Crippen LogP contribution in [0.4, 0.5) is 5.69 Å². The first-order chi connectivity index (χ1) is 7.85. The Labute approximate surface area is 103 Å². The van der Waals surface area contributed by atoms with Crippen LogP contribution in [-0.4, -0.2) is 31.7 Å². The standard InChI is InChI=1S/C12H19BN2O2/c1-12(2,16)7-17-10-5-3-4-8(11(10)15)9(13)6-14/h3-5,9,16H,6-7,14-15H2,1-2H3. The quantitative estimate of drug-likeness (QED) is 0.514. The molecule has 0 bridgehead atoms. The summed E-state index contributed by atoms with van der Waals surface area (Å²) >= 11 is 0. The van der Waals surface area contributed by atoms with E-state index in [1.54, 1.807) is 26.0 Å². The van der Waals surface area contributed by atoms with Crippen molar-refractivity contribution in [3.05, 3.63) is 23.8 Å². The summed E-state index contributed by atoms with van der Waals surface area (Å²) in [5.74, 6) is 0.217. The molecule has 0 spiro atoms. The fraction of sp³-hybridized carbons (Fsp3) is 0.500. The first-order valence-corrected chi connectivity index (χ1v) is 5.54. The third-order valence-electron chi connectivity index (χ3n) is 2.33. The van der Waals surface area contributed by atoms with Gasteiger partial charge in [-0.05, 0) is 37.8 Å². The SMILES string of the molecule is [B]C(CN)c1cccc(OCC(C)(C)O)c1N. The zero-order valence-electron chi connectivity index (χ0n) is 10.3. The maximum atomic E-state index is 9.58. The Kier molecular flexibility index (Phi) is 4.43. The Bertz CT molecular complexity index is 377. The molecule has 92 valence electrons. The molecule has 0 fully saturated rings. The van der Waals surface area contributed by atoms with Gasteiger partial charge in [0.1, 0.15) is 12.4 Å². The van der Waals surface area contributed by atoms with Crippen molar-refractivity contribution in [3.63, 3.8) is 0 Å². The highest BCUT2D eigenvalue weighted by molar-refractivity contribution is 6.13. The van der Waals surface area contributed by atoms with E-state index in [0.29, 0.717) is 18.0 Å². The van der Waals surface area contributed by atoms with Crippen molar-refractivity contribution in [1.82, 2.24) is 0 Å². The molecule has 17 heavy (non-hydrogen) atoms. The summed E-state index contributed by atoms with van der Waals surface area (Å²) in [6.07, 6.45) is 0. The highest BCUT2D eigenvalue weighted by Crippen LogP contribution is 2.29. The Morgan fingerprint density at radius 1 is 1.47 bits per heavy atom. The van der Waals surface area contributed by atoms with Crippen LogP contribution in [-0.2, 0) is 0 Å². The molecule has 0 aliphatic rings. The first kappa shape index (κ1) is 13.9. The molecule has 0 saturated carbocycles. The largest absolute Gasteiger partial charge is 0.488 e. The number of hydrogen-bond acceptors (Lipinski definition) is 4. The molecular formula is C12H19BN2O2. The minimum absolute atomic E-state index is 0.165. The minimum Gasteiger partial charge on any atom is -0.488 e. The zero-order chi connectivity index (χ0) is 13.1. The summed E-state index contributed by atoms with van der Waals surface area (Å²) < 4.78 is 5.47. The number of nitrogen functional groups attached to an aromatic ring is 1. The summed E-state index contributed by atoms with van der Waals surface area (Å²) in [7, 11) is 5.84. The molecule has 1 atom stereocenters. The molecule has 1 aromatic rings. The molecule has 1 aromatic carbocycles. The number of hydrogen-bond donors (Lipinski definition) is 3. The molecule has 2 radical (unpaired) electrons. The van der Waals surface area contributed by atoms with Crippen molar-refractivity contribution in [2.24, 2.45) is 5.73 Å². The Morgan fingerprint density at radius 3 is 2.65 bits per heavy atom. The number of rotatable bonds is 5. The van der Waals surface area contributed by atoms with Crippen LogP contribution in [0.25, 0.3) is 0 Å². The van der Waals surface area contributed by atoms with Gasteiger partial charge in [0.25, 0.3) is 0 Å². The number of benzene rings is 1. The summed E-state index contributed by atoms with van der Waals surface area (Å²) in [5, 5.41) is 9.58. The minimum atomic E-state index is -0.904. The monoisotopic (exact) mass is 234 g/mol. The second-order valence-electron chi connectivity index (χ2n) is 4.70.